The highest BCUT2D eigenvalue weighted by Crippen LogP contribution is 2.27. The van der Waals surface area contributed by atoms with Crippen molar-refractivity contribution in [1.29, 1.82) is 0 Å². The lowest BCUT2D eigenvalue weighted by atomic mass is 9.90. The summed E-state index contributed by atoms with van der Waals surface area (Å²) in [6, 6.07) is 0.849. The summed E-state index contributed by atoms with van der Waals surface area (Å²) in [5.74, 6) is -0.694. The number of morpholine rings is 1. The first kappa shape index (κ1) is 16.7. The molecule has 5 heteroatoms. The number of carbonyl (C=O) groups is 1. The number of hydrogen-bond donors (Lipinski definition) is 2. The highest BCUT2D eigenvalue weighted by Gasteiger charge is 2.40. The molecule has 0 aromatic carbocycles. The fraction of sp³-hybridized carbons (Fsp3) is 0.938. The van der Waals surface area contributed by atoms with E-state index in [1.807, 2.05) is 6.92 Å². The lowest BCUT2D eigenvalue weighted by molar-refractivity contribution is -0.145. The first-order valence-electron chi connectivity index (χ1n) is 8.33. The summed E-state index contributed by atoms with van der Waals surface area (Å²) in [5, 5.41) is 13.0. The van der Waals surface area contributed by atoms with Crippen LogP contribution in [0.25, 0.3) is 0 Å². The molecule has 2 fully saturated rings. The second-order valence-corrected chi connectivity index (χ2v) is 6.75. The van der Waals surface area contributed by atoms with Gasteiger partial charge in [-0.3, -0.25) is 15.0 Å². The van der Waals surface area contributed by atoms with E-state index < -0.39 is 11.5 Å². The van der Waals surface area contributed by atoms with E-state index in [4.69, 9.17) is 4.74 Å². The number of nitrogens with zero attached hydrogens (tertiary/aromatic N) is 1. The molecule has 1 saturated carbocycles. The number of carboxylic acids is 1. The van der Waals surface area contributed by atoms with E-state index in [-0.39, 0.29) is 6.10 Å². The zero-order valence-electron chi connectivity index (χ0n) is 13.6. The van der Waals surface area contributed by atoms with Crippen LogP contribution in [0.15, 0.2) is 0 Å². The number of ether oxygens (including phenoxy) is 1. The quantitative estimate of drug-likeness (QED) is 0.716. The van der Waals surface area contributed by atoms with Gasteiger partial charge in [0.2, 0.25) is 0 Å². The van der Waals surface area contributed by atoms with Gasteiger partial charge in [-0.05, 0) is 52.5 Å². The highest BCUT2D eigenvalue weighted by molar-refractivity contribution is 5.78. The molecule has 0 aromatic rings. The predicted octanol–water partition coefficient (Wildman–Crippen LogP) is 1.86. The molecule has 2 aliphatic rings. The van der Waals surface area contributed by atoms with Gasteiger partial charge in [-0.1, -0.05) is 6.92 Å². The van der Waals surface area contributed by atoms with Crippen LogP contribution in [-0.4, -0.2) is 59.4 Å². The summed E-state index contributed by atoms with van der Waals surface area (Å²) in [5.41, 5.74) is -0.734. The van der Waals surface area contributed by atoms with Crippen molar-refractivity contribution < 1.29 is 14.6 Å². The first-order chi connectivity index (χ1) is 9.97. The van der Waals surface area contributed by atoms with Crippen molar-refractivity contribution in [3.05, 3.63) is 0 Å². The normalized spacial score (nSPS) is 30.0. The molecule has 1 aliphatic carbocycles. The minimum absolute atomic E-state index is 0.279. The summed E-state index contributed by atoms with van der Waals surface area (Å²) in [4.78, 5) is 14.1. The fourth-order valence-corrected chi connectivity index (χ4v) is 3.16. The monoisotopic (exact) mass is 298 g/mol. The molecule has 21 heavy (non-hydrogen) atoms. The molecule has 1 heterocycles. The van der Waals surface area contributed by atoms with Crippen molar-refractivity contribution in [3.63, 3.8) is 0 Å². The Bertz CT molecular complexity index is 359. The smallest absolute Gasteiger partial charge is 0.323 e. The topological polar surface area (TPSA) is 61.8 Å². The molecular weight excluding hydrogens is 268 g/mol. The lowest BCUT2D eigenvalue weighted by Gasteiger charge is -2.37. The Morgan fingerprint density at radius 2 is 2.14 bits per heavy atom. The summed E-state index contributed by atoms with van der Waals surface area (Å²) in [7, 11) is 0. The van der Waals surface area contributed by atoms with Crippen LogP contribution in [0, 0.1) is 0 Å². The highest BCUT2D eigenvalue weighted by atomic mass is 16.5. The van der Waals surface area contributed by atoms with E-state index in [1.54, 1.807) is 0 Å². The van der Waals surface area contributed by atoms with Crippen molar-refractivity contribution in [2.45, 2.75) is 76.6 Å². The second kappa shape index (κ2) is 7.07. The molecule has 0 radical (unpaired) electrons. The van der Waals surface area contributed by atoms with Crippen molar-refractivity contribution in [3.8, 4) is 0 Å². The average molecular weight is 298 g/mol. The van der Waals surface area contributed by atoms with Gasteiger partial charge in [0.05, 0.1) is 12.7 Å². The molecule has 3 unspecified atom stereocenters. The number of aliphatic carboxylic acids is 1. The van der Waals surface area contributed by atoms with Crippen LogP contribution in [0.1, 0.15) is 52.9 Å². The Labute approximate surface area is 128 Å². The van der Waals surface area contributed by atoms with E-state index in [1.165, 1.54) is 0 Å². The van der Waals surface area contributed by atoms with Gasteiger partial charge in [-0.15, -0.1) is 0 Å². The minimum atomic E-state index is -0.734. The third-order valence-electron chi connectivity index (χ3n) is 4.86. The van der Waals surface area contributed by atoms with Crippen LogP contribution in [-0.2, 0) is 9.53 Å². The summed E-state index contributed by atoms with van der Waals surface area (Å²) < 4.78 is 5.64. The fourth-order valence-electron chi connectivity index (χ4n) is 3.16. The third-order valence-corrected chi connectivity index (χ3v) is 4.86. The van der Waals surface area contributed by atoms with Crippen LogP contribution in [0.2, 0.25) is 0 Å². The zero-order chi connectivity index (χ0) is 15.5. The Kier molecular flexibility index (Phi) is 5.63. The molecule has 122 valence electrons. The Hall–Kier alpha value is -0.650. The largest absolute Gasteiger partial charge is 0.480 e. The zero-order valence-corrected chi connectivity index (χ0v) is 13.6. The van der Waals surface area contributed by atoms with Gasteiger partial charge in [0, 0.05) is 18.6 Å². The molecule has 2 N–H and O–H groups in total. The number of nitrogens with one attached hydrogen (secondary N) is 1. The molecule has 1 saturated heterocycles. The average Bonchev–Trinajstić information content (AvgIpc) is 3.25. The molecule has 1 aliphatic heterocycles. The lowest BCUT2D eigenvalue weighted by Crippen LogP contribution is -2.53. The molecule has 0 aromatic heterocycles. The van der Waals surface area contributed by atoms with E-state index in [0.717, 1.165) is 39.0 Å². The van der Waals surface area contributed by atoms with Crippen molar-refractivity contribution in [2.75, 3.05) is 19.7 Å². The summed E-state index contributed by atoms with van der Waals surface area (Å²) >= 11 is 0. The van der Waals surface area contributed by atoms with Crippen LogP contribution in [0.3, 0.4) is 0 Å². The van der Waals surface area contributed by atoms with E-state index in [2.05, 4.69) is 24.1 Å². The van der Waals surface area contributed by atoms with Gasteiger partial charge in [0.1, 0.15) is 5.54 Å². The van der Waals surface area contributed by atoms with Gasteiger partial charge >= 0.3 is 5.97 Å². The van der Waals surface area contributed by atoms with E-state index >= 15 is 0 Å². The van der Waals surface area contributed by atoms with Gasteiger partial charge in [0.15, 0.2) is 0 Å². The Morgan fingerprint density at radius 3 is 2.71 bits per heavy atom. The molecule has 3 atom stereocenters. The standard InChI is InChI=1S/C16H30N2O3/c1-4-16(15(19)20,17-14-6-7-14)8-5-9-18-10-13(3)21-11-12(18)2/h12-14,17H,4-11H2,1-3H3,(H,19,20). The van der Waals surface area contributed by atoms with E-state index in [9.17, 15) is 9.90 Å². The number of carboxylic acid groups (broad SMARTS) is 1. The number of rotatable bonds is 8. The maximum atomic E-state index is 11.7. The molecule has 5 nitrogen and oxygen atoms in total. The summed E-state index contributed by atoms with van der Waals surface area (Å²) in [6.45, 7) is 8.93. The van der Waals surface area contributed by atoms with E-state index in [0.29, 0.717) is 24.9 Å². The maximum Gasteiger partial charge on any atom is 0.323 e. The van der Waals surface area contributed by atoms with Gasteiger partial charge in [-0.2, -0.15) is 0 Å². The van der Waals surface area contributed by atoms with Gasteiger partial charge in [-0.25, -0.2) is 0 Å². The van der Waals surface area contributed by atoms with Crippen molar-refractivity contribution in [2.24, 2.45) is 0 Å². The minimum Gasteiger partial charge on any atom is -0.480 e. The Morgan fingerprint density at radius 1 is 1.43 bits per heavy atom. The number of hydrogen-bond acceptors (Lipinski definition) is 4. The van der Waals surface area contributed by atoms with Crippen molar-refractivity contribution in [1.82, 2.24) is 10.2 Å². The van der Waals surface area contributed by atoms with Crippen molar-refractivity contribution >= 4 is 5.97 Å². The maximum absolute atomic E-state index is 11.7. The van der Waals surface area contributed by atoms with Gasteiger partial charge < -0.3 is 9.84 Å². The molecule has 0 spiro atoms. The van der Waals surface area contributed by atoms with Crippen LogP contribution < -0.4 is 5.32 Å². The molecule has 0 bridgehead atoms. The van der Waals surface area contributed by atoms with Gasteiger partial charge in [0.25, 0.3) is 0 Å². The van der Waals surface area contributed by atoms with Crippen LogP contribution in [0.4, 0.5) is 0 Å². The SMILES string of the molecule is CCC(CCCN1CC(C)OCC1C)(NC1CC1)C(=O)O. The molecular formula is C16H30N2O3. The molecule has 0 amide bonds. The van der Waals surface area contributed by atoms with Crippen LogP contribution >= 0.6 is 0 Å². The Balaban J connectivity index is 1.84. The summed E-state index contributed by atoms with van der Waals surface area (Å²) in [6.07, 6.45) is 4.78. The third kappa shape index (κ3) is 4.41. The first-order valence-corrected chi connectivity index (χ1v) is 8.33. The molecule has 2 rings (SSSR count). The van der Waals surface area contributed by atoms with Crippen LogP contribution in [0.5, 0.6) is 0 Å². The second-order valence-electron chi connectivity index (χ2n) is 6.75. The predicted molar refractivity (Wildman–Crippen MR) is 82.5 cm³/mol.